The molecule has 2 heterocycles. The predicted octanol–water partition coefficient (Wildman–Crippen LogP) is 3.39. The minimum atomic E-state index is -0.260. The lowest BCUT2D eigenvalue weighted by Crippen LogP contribution is -2.22. The highest BCUT2D eigenvalue weighted by atomic mass is 35.5. The summed E-state index contributed by atoms with van der Waals surface area (Å²) in [6, 6.07) is 5.11. The van der Waals surface area contributed by atoms with Gasteiger partial charge in [0, 0.05) is 18.8 Å². The second-order valence-corrected chi connectivity index (χ2v) is 5.91. The van der Waals surface area contributed by atoms with Gasteiger partial charge in [0.05, 0.1) is 17.0 Å². The summed E-state index contributed by atoms with van der Waals surface area (Å²) in [6.45, 7) is 0.361. The maximum atomic E-state index is 11.9. The van der Waals surface area contributed by atoms with Crippen LogP contribution in [-0.2, 0) is 6.54 Å². The van der Waals surface area contributed by atoms with E-state index in [1.165, 1.54) is 11.3 Å². The molecule has 0 aliphatic rings. The molecule has 100 valence electrons. The molecule has 0 bridgehead atoms. The number of carbonyl (C=O) groups is 1. The Kier molecular flexibility index (Phi) is 4.63. The standard InChI is InChI=1S/C12H10Cl2N2O2S/c1-18-10-3-2-7(5-15-10)6-16-12(17)8-4-9(13)19-11(8)14/h2-5H,6H2,1H3,(H,16,17). The Balaban J connectivity index is 1.98. The van der Waals surface area contributed by atoms with Crippen molar-refractivity contribution in [3.8, 4) is 5.88 Å². The van der Waals surface area contributed by atoms with E-state index in [0.717, 1.165) is 5.56 Å². The Hall–Kier alpha value is -1.30. The normalized spacial score (nSPS) is 10.3. The fourth-order valence-electron chi connectivity index (χ4n) is 1.41. The van der Waals surface area contributed by atoms with E-state index >= 15 is 0 Å². The maximum Gasteiger partial charge on any atom is 0.253 e. The van der Waals surface area contributed by atoms with Gasteiger partial charge in [-0.3, -0.25) is 4.79 Å². The van der Waals surface area contributed by atoms with E-state index in [0.29, 0.717) is 26.7 Å². The van der Waals surface area contributed by atoms with Crippen molar-refractivity contribution in [3.05, 3.63) is 44.2 Å². The average molecular weight is 317 g/mol. The van der Waals surface area contributed by atoms with Gasteiger partial charge in [0.2, 0.25) is 5.88 Å². The lowest BCUT2D eigenvalue weighted by Gasteiger charge is -2.05. The number of nitrogens with zero attached hydrogens (tertiary/aromatic N) is 1. The minimum Gasteiger partial charge on any atom is -0.481 e. The molecule has 0 unspecified atom stereocenters. The smallest absolute Gasteiger partial charge is 0.253 e. The molecule has 2 rings (SSSR count). The fourth-order valence-corrected chi connectivity index (χ4v) is 2.87. The summed E-state index contributed by atoms with van der Waals surface area (Å²) in [6.07, 6.45) is 1.64. The average Bonchev–Trinajstić information content (AvgIpc) is 2.75. The van der Waals surface area contributed by atoms with Crippen LogP contribution in [0.1, 0.15) is 15.9 Å². The molecule has 0 aliphatic carbocycles. The summed E-state index contributed by atoms with van der Waals surface area (Å²) >= 11 is 12.9. The van der Waals surface area contributed by atoms with Crippen LogP contribution in [0.5, 0.6) is 5.88 Å². The molecule has 4 nitrogen and oxygen atoms in total. The van der Waals surface area contributed by atoms with Gasteiger partial charge in [0.1, 0.15) is 4.34 Å². The number of nitrogens with one attached hydrogen (secondary N) is 1. The van der Waals surface area contributed by atoms with E-state index in [-0.39, 0.29) is 5.91 Å². The molecule has 0 radical (unpaired) electrons. The number of amides is 1. The molecule has 0 fully saturated rings. The van der Waals surface area contributed by atoms with Gasteiger partial charge in [-0.05, 0) is 11.6 Å². The Morgan fingerprint density at radius 3 is 2.79 bits per heavy atom. The summed E-state index contributed by atoms with van der Waals surface area (Å²) in [5, 5.41) is 2.75. The van der Waals surface area contributed by atoms with Crippen LogP contribution in [0.25, 0.3) is 0 Å². The first-order valence-corrected chi connectivity index (χ1v) is 6.89. The zero-order valence-electron chi connectivity index (χ0n) is 9.94. The summed E-state index contributed by atoms with van der Waals surface area (Å²) in [4.78, 5) is 15.9. The van der Waals surface area contributed by atoms with Gasteiger partial charge >= 0.3 is 0 Å². The van der Waals surface area contributed by atoms with Gasteiger partial charge < -0.3 is 10.1 Å². The van der Waals surface area contributed by atoms with Gasteiger partial charge in [0.15, 0.2) is 0 Å². The number of carbonyl (C=O) groups excluding carboxylic acids is 1. The number of hydrogen-bond donors (Lipinski definition) is 1. The molecule has 2 aromatic heterocycles. The topological polar surface area (TPSA) is 51.2 Å². The van der Waals surface area contributed by atoms with Gasteiger partial charge in [-0.15, -0.1) is 11.3 Å². The number of methoxy groups -OCH3 is 1. The van der Waals surface area contributed by atoms with Crippen LogP contribution in [0, 0.1) is 0 Å². The Bertz CT molecular complexity index is 584. The highest BCUT2D eigenvalue weighted by molar-refractivity contribution is 7.20. The van der Waals surface area contributed by atoms with Crippen LogP contribution < -0.4 is 10.1 Å². The SMILES string of the molecule is COc1ccc(CNC(=O)c2cc(Cl)sc2Cl)cn1. The number of thiophene rings is 1. The monoisotopic (exact) mass is 316 g/mol. The van der Waals surface area contributed by atoms with E-state index in [1.807, 2.05) is 6.07 Å². The van der Waals surface area contributed by atoms with Crippen molar-refractivity contribution in [1.29, 1.82) is 0 Å². The number of halogens is 2. The van der Waals surface area contributed by atoms with E-state index in [1.54, 1.807) is 25.4 Å². The molecule has 7 heteroatoms. The predicted molar refractivity (Wildman–Crippen MR) is 76.3 cm³/mol. The van der Waals surface area contributed by atoms with Crippen LogP contribution in [0.3, 0.4) is 0 Å². The fraction of sp³-hybridized carbons (Fsp3) is 0.167. The highest BCUT2D eigenvalue weighted by Gasteiger charge is 2.13. The van der Waals surface area contributed by atoms with Crippen molar-refractivity contribution in [1.82, 2.24) is 10.3 Å². The van der Waals surface area contributed by atoms with Gasteiger partial charge in [0.25, 0.3) is 5.91 Å². The number of aromatic nitrogens is 1. The first-order chi connectivity index (χ1) is 9.10. The molecule has 0 saturated carbocycles. The van der Waals surface area contributed by atoms with Crippen LogP contribution in [0.4, 0.5) is 0 Å². The largest absolute Gasteiger partial charge is 0.481 e. The summed E-state index contributed by atoms with van der Waals surface area (Å²) in [5.41, 5.74) is 1.25. The second-order valence-electron chi connectivity index (χ2n) is 3.63. The number of rotatable bonds is 4. The summed E-state index contributed by atoms with van der Waals surface area (Å²) < 4.78 is 5.83. The van der Waals surface area contributed by atoms with E-state index in [4.69, 9.17) is 27.9 Å². The molecule has 1 N–H and O–H groups in total. The van der Waals surface area contributed by atoms with E-state index < -0.39 is 0 Å². The lowest BCUT2D eigenvalue weighted by atomic mass is 10.2. The van der Waals surface area contributed by atoms with Gasteiger partial charge in [-0.1, -0.05) is 29.3 Å². The summed E-state index contributed by atoms with van der Waals surface area (Å²) in [5.74, 6) is 0.270. The van der Waals surface area contributed by atoms with Crippen molar-refractivity contribution in [2.45, 2.75) is 6.54 Å². The minimum absolute atomic E-state index is 0.260. The molecule has 2 aromatic rings. The Morgan fingerprint density at radius 1 is 1.47 bits per heavy atom. The molecule has 0 aliphatic heterocycles. The van der Waals surface area contributed by atoms with Crippen molar-refractivity contribution in [2.75, 3.05) is 7.11 Å². The number of pyridine rings is 1. The van der Waals surface area contributed by atoms with Crippen LogP contribution in [0.15, 0.2) is 24.4 Å². The molecular weight excluding hydrogens is 307 g/mol. The van der Waals surface area contributed by atoms with Crippen LogP contribution in [0.2, 0.25) is 8.67 Å². The second kappa shape index (κ2) is 6.23. The first kappa shape index (κ1) is 14.1. The van der Waals surface area contributed by atoms with Gasteiger partial charge in [-0.25, -0.2) is 4.98 Å². The first-order valence-electron chi connectivity index (χ1n) is 5.32. The molecule has 0 aromatic carbocycles. The molecule has 0 atom stereocenters. The quantitative estimate of drug-likeness (QED) is 0.940. The number of hydrogen-bond acceptors (Lipinski definition) is 4. The number of ether oxygens (including phenoxy) is 1. The maximum absolute atomic E-state index is 11.9. The molecule has 0 spiro atoms. The van der Waals surface area contributed by atoms with Crippen molar-refractivity contribution < 1.29 is 9.53 Å². The van der Waals surface area contributed by atoms with E-state index in [9.17, 15) is 4.79 Å². The third kappa shape index (κ3) is 3.59. The van der Waals surface area contributed by atoms with Gasteiger partial charge in [-0.2, -0.15) is 0 Å². The molecule has 19 heavy (non-hydrogen) atoms. The lowest BCUT2D eigenvalue weighted by molar-refractivity contribution is 0.0951. The third-order valence-electron chi connectivity index (χ3n) is 2.36. The van der Waals surface area contributed by atoms with Crippen LogP contribution >= 0.6 is 34.5 Å². The van der Waals surface area contributed by atoms with Crippen molar-refractivity contribution in [2.24, 2.45) is 0 Å². The van der Waals surface area contributed by atoms with Crippen molar-refractivity contribution >= 4 is 40.4 Å². The summed E-state index contributed by atoms with van der Waals surface area (Å²) in [7, 11) is 1.55. The Labute approximate surface area is 124 Å². The van der Waals surface area contributed by atoms with E-state index in [2.05, 4.69) is 10.3 Å². The third-order valence-corrected chi connectivity index (χ3v) is 3.85. The Morgan fingerprint density at radius 2 is 2.26 bits per heavy atom. The zero-order valence-corrected chi connectivity index (χ0v) is 12.3. The highest BCUT2D eigenvalue weighted by Crippen LogP contribution is 2.30. The molecular formula is C12H10Cl2N2O2S. The molecule has 0 saturated heterocycles. The van der Waals surface area contributed by atoms with Crippen molar-refractivity contribution in [3.63, 3.8) is 0 Å². The van der Waals surface area contributed by atoms with Crippen LogP contribution in [-0.4, -0.2) is 18.0 Å². The zero-order chi connectivity index (χ0) is 13.8. The molecule has 1 amide bonds.